The molecule has 1 aromatic rings. The molecule has 2 atom stereocenters. The lowest BCUT2D eigenvalue weighted by molar-refractivity contribution is -0.0919. The number of rotatable bonds is 4. The molecule has 2 fully saturated rings. The maximum Gasteiger partial charge on any atom is 0.231 e. The first-order chi connectivity index (χ1) is 11.2. The van der Waals surface area contributed by atoms with Gasteiger partial charge in [0, 0.05) is 19.1 Å². The summed E-state index contributed by atoms with van der Waals surface area (Å²) in [7, 11) is 0. The summed E-state index contributed by atoms with van der Waals surface area (Å²) in [4.78, 5) is 2.50. The van der Waals surface area contributed by atoms with Gasteiger partial charge in [-0.15, -0.1) is 0 Å². The van der Waals surface area contributed by atoms with E-state index in [1.54, 1.807) is 0 Å². The number of benzene rings is 1. The minimum absolute atomic E-state index is 0.309. The van der Waals surface area contributed by atoms with Gasteiger partial charge in [-0.2, -0.15) is 0 Å². The molecular formula is C18H26N2O3. The van der Waals surface area contributed by atoms with Crippen molar-refractivity contribution < 1.29 is 14.6 Å². The summed E-state index contributed by atoms with van der Waals surface area (Å²) < 4.78 is 10.8. The van der Waals surface area contributed by atoms with Crippen molar-refractivity contribution in [3.63, 3.8) is 0 Å². The van der Waals surface area contributed by atoms with Crippen LogP contribution in [0.15, 0.2) is 18.2 Å². The summed E-state index contributed by atoms with van der Waals surface area (Å²) >= 11 is 0. The first-order valence-corrected chi connectivity index (χ1v) is 8.80. The van der Waals surface area contributed by atoms with Gasteiger partial charge >= 0.3 is 0 Å². The van der Waals surface area contributed by atoms with Gasteiger partial charge in [-0.05, 0) is 56.5 Å². The normalized spacial score (nSPS) is 30.2. The van der Waals surface area contributed by atoms with E-state index < -0.39 is 5.60 Å². The molecule has 5 heteroatoms. The molecule has 0 aromatic heterocycles. The van der Waals surface area contributed by atoms with Gasteiger partial charge in [-0.1, -0.05) is 12.5 Å². The number of hydrogen-bond donors (Lipinski definition) is 2. The number of hydrogen-bond acceptors (Lipinski definition) is 5. The molecule has 5 nitrogen and oxygen atoms in total. The number of piperidine rings is 2. The van der Waals surface area contributed by atoms with Gasteiger partial charge in [0.25, 0.3) is 0 Å². The molecule has 3 aliphatic rings. The van der Waals surface area contributed by atoms with Crippen molar-refractivity contribution in [1.29, 1.82) is 0 Å². The lowest BCUT2D eigenvalue weighted by Crippen LogP contribution is -2.62. The molecule has 0 spiro atoms. The van der Waals surface area contributed by atoms with E-state index in [4.69, 9.17) is 9.47 Å². The van der Waals surface area contributed by atoms with Gasteiger partial charge in [0.05, 0.1) is 5.60 Å². The fourth-order valence-electron chi connectivity index (χ4n) is 4.30. The van der Waals surface area contributed by atoms with Crippen molar-refractivity contribution in [2.24, 2.45) is 0 Å². The maximum absolute atomic E-state index is 11.2. The molecular weight excluding hydrogens is 292 g/mol. The third kappa shape index (κ3) is 3.05. The Labute approximate surface area is 137 Å². The van der Waals surface area contributed by atoms with E-state index in [1.807, 2.05) is 12.1 Å². The molecule has 3 heterocycles. The standard InChI is InChI=1S/C18H26N2O3/c21-18(7-3-9-20-8-2-1-4-17(18)20)12-19-11-14-5-6-15-16(10-14)23-13-22-15/h5-6,10,17,19,21H,1-4,7-9,11-13H2/t17-,18-/m1/s1. The van der Waals surface area contributed by atoms with Crippen LogP contribution in [-0.2, 0) is 6.54 Å². The van der Waals surface area contributed by atoms with Gasteiger partial charge in [-0.3, -0.25) is 4.90 Å². The molecule has 4 rings (SSSR count). The topological polar surface area (TPSA) is 54.0 Å². The first kappa shape index (κ1) is 15.2. The monoisotopic (exact) mass is 318 g/mol. The van der Waals surface area contributed by atoms with Gasteiger partial charge in [0.1, 0.15) is 0 Å². The van der Waals surface area contributed by atoms with Crippen LogP contribution in [0.25, 0.3) is 0 Å². The quantitative estimate of drug-likeness (QED) is 0.888. The molecule has 0 aliphatic carbocycles. The van der Waals surface area contributed by atoms with E-state index in [-0.39, 0.29) is 0 Å². The van der Waals surface area contributed by atoms with Crippen molar-refractivity contribution in [3.05, 3.63) is 23.8 Å². The van der Waals surface area contributed by atoms with Gasteiger partial charge < -0.3 is 19.9 Å². The summed E-state index contributed by atoms with van der Waals surface area (Å²) in [6, 6.07) is 6.36. The van der Waals surface area contributed by atoms with E-state index in [0.717, 1.165) is 56.0 Å². The largest absolute Gasteiger partial charge is 0.454 e. The Bertz CT molecular complexity index is 563. The number of nitrogens with zero attached hydrogens (tertiary/aromatic N) is 1. The van der Waals surface area contributed by atoms with Crippen LogP contribution in [-0.4, -0.2) is 48.1 Å². The van der Waals surface area contributed by atoms with E-state index in [1.165, 1.54) is 12.8 Å². The molecule has 3 aliphatic heterocycles. The molecule has 1 aromatic carbocycles. The Morgan fingerprint density at radius 1 is 1.17 bits per heavy atom. The third-order valence-corrected chi connectivity index (χ3v) is 5.49. The zero-order chi connectivity index (χ0) is 15.7. The number of fused-ring (bicyclic) bond motifs is 2. The highest BCUT2D eigenvalue weighted by molar-refractivity contribution is 5.44. The van der Waals surface area contributed by atoms with E-state index in [0.29, 0.717) is 19.4 Å². The Balaban J connectivity index is 1.36. The smallest absolute Gasteiger partial charge is 0.231 e. The van der Waals surface area contributed by atoms with Crippen molar-refractivity contribution >= 4 is 0 Å². The van der Waals surface area contributed by atoms with Gasteiger partial charge in [-0.25, -0.2) is 0 Å². The lowest BCUT2D eigenvalue weighted by Gasteiger charge is -2.49. The average molecular weight is 318 g/mol. The van der Waals surface area contributed by atoms with Crippen LogP contribution in [0, 0.1) is 0 Å². The van der Waals surface area contributed by atoms with Crippen LogP contribution in [0.3, 0.4) is 0 Å². The second-order valence-corrected chi connectivity index (χ2v) is 7.05. The van der Waals surface area contributed by atoms with Crippen molar-refractivity contribution in [2.45, 2.75) is 50.3 Å². The Morgan fingerprint density at radius 2 is 2.04 bits per heavy atom. The van der Waals surface area contributed by atoms with Crippen LogP contribution in [0.2, 0.25) is 0 Å². The Kier molecular flexibility index (Phi) is 4.18. The predicted octanol–water partition coefficient (Wildman–Crippen LogP) is 1.88. The molecule has 0 bridgehead atoms. The second-order valence-electron chi connectivity index (χ2n) is 7.05. The Morgan fingerprint density at radius 3 is 3.00 bits per heavy atom. The zero-order valence-electron chi connectivity index (χ0n) is 13.6. The highest BCUT2D eigenvalue weighted by Gasteiger charge is 2.43. The number of ether oxygens (including phenoxy) is 2. The molecule has 23 heavy (non-hydrogen) atoms. The average Bonchev–Trinajstić information content (AvgIpc) is 3.03. The minimum atomic E-state index is -0.588. The molecule has 126 valence electrons. The molecule has 0 amide bonds. The van der Waals surface area contributed by atoms with Crippen LogP contribution >= 0.6 is 0 Å². The van der Waals surface area contributed by atoms with Crippen molar-refractivity contribution in [2.75, 3.05) is 26.4 Å². The van der Waals surface area contributed by atoms with Crippen LogP contribution < -0.4 is 14.8 Å². The van der Waals surface area contributed by atoms with Crippen molar-refractivity contribution in [3.8, 4) is 11.5 Å². The maximum atomic E-state index is 11.2. The molecule has 0 unspecified atom stereocenters. The lowest BCUT2D eigenvalue weighted by atomic mass is 9.79. The number of aliphatic hydroxyl groups is 1. The highest BCUT2D eigenvalue weighted by atomic mass is 16.7. The summed E-state index contributed by atoms with van der Waals surface area (Å²) in [5.74, 6) is 1.64. The Hall–Kier alpha value is -1.30. The van der Waals surface area contributed by atoms with E-state index >= 15 is 0 Å². The number of nitrogens with one attached hydrogen (secondary N) is 1. The van der Waals surface area contributed by atoms with Crippen LogP contribution in [0.5, 0.6) is 11.5 Å². The van der Waals surface area contributed by atoms with Crippen LogP contribution in [0.1, 0.15) is 37.7 Å². The van der Waals surface area contributed by atoms with Crippen molar-refractivity contribution in [1.82, 2.24) is 10.2 Å². The zero-order valence-corrected chi connectivity index (χ0v) is 13.6. The van der Waals surface area contributed by atoms with E-state index in [9.17, 15) is 5.11 Å². The summed E-state index contributed by atoms with van der Waals surface area (Å²) in [5.41, 5.74) is 0.573. The second kappa shape index (κ2) is 6.30. The SMILES string of the molecule is O[C@@]1(CNCc2ccc3c(c2)OCO3)CCCN2CCCC[C@@H]21. The van der Waals surface area contributed by atoms with E-state index in [2.05, 4.69) is 16.3 Å². The fourth-order valence-corrected chi connectivity index (χ4v) is 4.30. The third-order valence-electron chi connectivity index (χ3n) is 5.49. The molecule has 2 saturated heterocycles. The summed E-state index contributed by atoms with van der Waals surface area (Å²) in [6.45, 7) is 4.00. The summed E-state index contributed by atoms with van der Waals surface area (Å²) in [5, 5.41) is 14.6. The molecule has 0 saturated carbocycles. The predicted molar refractivity (Wildman–Crippen MR) is 87.7 cm³/mol. The molecule has 2 N–H and O–H groups in total. The van der Waals surface area contributed by atoms with Gasteiger partial charge in [0.15, 0.2) is 11.5 Å². The first-order valence-electron chi connectivity index (χ1n) is 8.80. The fraction of sp³-hybridized carbons (Fsp3) is 0.667. The van der Waals surface area contributed by atoms with Crippen LogP contribution in [0.4, 0.5) is 0 Å². The molecule has 0 radical (unpaired) electrons. The highest BCUT2D eigenvalue weighted by Crippen LogP contribution is 2.34. The minimum Gasteiger partial charge on any atom is -0.454 e. The van der Waals surface area contributed by atoms with Gasteiger partial charge in [0.2, 0.25) is 6.79 Å². The summed E-state index contributed by atoms with van der Waals surface area (Å²) in [6.07, 6.45) is 5.64.